The van der Waals surface area contributed by atoms with Gasteiger partial charge in [-0.1, -0.05) is 34.5 Å². The second kappa shape index (κ2) is 4.84. The third-order valence-electron chi connectivity index (χ3n) is 2.49. The van der Waals surface area contributed by atoms with Crippen molar-refractivity contribution in [2.45, 2.75) is 19.4 Å². The fourth-order valence-corrected chi connectivity index (χ4v) is 2.69. The molecule has 1 unspecified atom stereocenters. The molecule has 0 spiro atoms. The van der Waals surface area contributed by atoms with E-state index in [1.807, 2.05) is 12.1 Å². The molecule has 1 atom stereocenters. The van der Waals surface area contributed by atoms with Crippen molar-refractivity contribution < 1.29 is 0 Å². The molecule has 0 fully saturated rings. The third kappa shape index (κ3) is 2.08. The maximum absolute atomic E-state index is 6.16. The van der Waals surface area contributed by atoms with Crippen LogP contribution in [0.15, 0.2) is 16.6 Å². The standard InChI is InChI=1S/C10H11BrClN.ClH/c1-6-4-13-5-7-8(11)2-3-9(12)10(6)7;/h2-3,6,13H,4-5H2,1H3;1H. The van der Waals surface area contributed by atoms with E-state index in [4.69, 9.17) is 11.6 Å². The monoisotopic (exact) mass is 295 g/mol. The molecule has 14 heavy (non-hydrogen) atoms. The van der Waals surface area contributed by atoms with Crippen molar-refractivity contribution >= 4 is 39.9 Å². The van der Waals surface area contributed by atoms with E-state index < -0.39 is 0 Å². The van der Waals surface area contributed by atoms with E-state index in [1.165, 1.54) is 11.1 Å². The fraction of sp³-hybridized carbons (Fsp3) is 0.400. The molecule has 1 aliphatic rings. The van der Waals surface area contributed by atoms with Gasteiger partial charge in [0.1, 0.15) is 0 Å². The molecule has 1 heterocycles. The summed E-state index contributed by atoms with van der Waals surface area (Å²) in [5, 5.41) is 4.27. The number of hydrogen-bond donors (Lipinski definition) is 1. The van der Waals surface area contributed by atoms with Crippen molar-refractivity contribution in [2.75, 3.05) is 6.54 Å². The van der Waals surface area contributed by atoms with Crippen LogP contribution < -0.4 is 5.32 Å². The molecule has 2 rings (SSSR count). The van der Waals surface area contributed by atoms with Crippen LogP contribution in [0.5, 0.6) is 0 Å². The zero-order chi connectivity index (χ0) is 9.42. The van der Waals surface area contributed by atoms with Crippen molar-refractivity contribution in [1.82, 2.24) is 5.32 Å². The highest BCUT2D eigenvalue weighted by atomic mass is 79.9. The molecular formula is C10H12BrCl2N. The first-order valence-corrected chi connectivity index (χ1v) is 5.54. The Balaban J connectivity index is 0.000000980. The highest BCUT2D eigenvalue weighted by Gasteiger charge is 2.20. The van der Waals surface area contributed by atoms with Gasteiger partial charge >= 0.3 is 0 Å². The van der Waals surface area contributed by atoms with Crippen LogP contribution in [-0.4, -0.2) is 6.54 Å². The average molecular weight is 297 g/mol. The van der Waals surface area contributed by atoms with E-state index in [0.717, 1.165) is 22.6 Å². The van der Waals surface area contributed by atoms with E-state index in [0.29, 0.717) is 5.92 Å². The molecule has 1 aromatic rings. The third-order valence-corrected chi connectivity index (χ3v) is 3.56. The topological polar surface area (TPSA) is 12.0 Å². The number of benzene rings is 1. The van der Waals surface area contributed by atoms with E-state index in [-0.39, 0.29) is 12.4 Å². The van der Waals surface area contributed by atoms with Crippen LogP contribution in [0.25, 0.3) is 0 Å². The highest BCUT2D eigenvalue weighted by molar-refractivity contribution is 9.10. The summed E-state index contributed by atoms with van der Waals surface area (Å²) in [6, 6.07) is 3.98. The van der Waals surface area contributed by atoms with Gasteiger partial charge in [0, 0.05) is 22.6 Å². The zero-order valence-electron chi connectivity index (χ0n) is 7.81. The predicted octanol–water partition coefficient (Wildman–Crippen LogP) is 3.73. The molecule has 1 aliphatic heterocycles. The molecule has 0 saturated carbocycles. The molecule has 0 radical (unpaired) electrons. The van der Waals surface area contributed by atoms with Crippen molar-refractivity contribution in [3.05, 3.63) is 32.8 Å². The summed E-state index contributed by atoms with van der Waals surface area (Å²) < 4.78 is 1.16. The lowest BCUT2D eigenvalue weighted by Gasteiger charge is -2.25. The van der Waals surface area contributed by atoms with E-state index >= 15 is 0 Å². The molecule has 0 bridgehead atoms. The molecule has 0 aliphatic carbocycles. The summed E-state index contributed by atoms with van der Waals surface area (Å²) in [5.74, 6) is 0.508. The van der Waals surface area contributed by atoms with E-state index in [1.54, 1.807) is 0 Å². The lowest BCUT2D eigenvalue weighted by atomic mass is 9.92. The molecule has 1 N–H and O–H groups in total. The first-order chi connectivity index (χ1) is 6.20. The van der Waals surface area contributed by atoms with E-state index in [2.05, 4.69) is 28.2 Å². The maximum atomic E-state index is 6.16. The van der Waals surface area contributed by atoms with Gasteiger partial charge in [0.15, 0.2) is 0 Å². The minimum Gasteiger partial charge on any atom is -0.312 e. The Bertz CT molecular complexity index is 341. The molecule has 1 aromatic carbocycles. The van der Waals surface area contributed by atoms with Crippen LogP contribution in [-0.2, 0) is 6.54 Å². The Labute approximate surface area is 104 Å². The Morgan fingerprint density at radius 2 is 2.21 bits per heavy atom. The average Bonchev–Trinajstić information content (AvgIpc) is 2.12. The minimum atomic E-state index is 0. The molecule has 78 valence electrons. The van der Waals surface area contributed by atoms with Gasteiger partial charge in [-0.2, -0.15) is 0 Å². The number of hydrogen-bond acceptors (Lipinski definition) is 1. The maximum Gasteiger partial charge on any atom is 0.0445 e. The summed E-state index contributed by atoms with van der Waals surface area (Å²) in [7, 11) is 0. The van der Waals surface area contributed by atoms with Crippen molar-refractivity contribution in [1.29, 1.82) is 0 Å². The van der Waals surface area contributed by atoms with E-state index in [9.17, 15) is 0 Å². The molecular weight excluding hydrogens is 285 g/mol. The summed E-state index contributed by atoms with van der Waals surface area (Å²) in [6.07, 6.45) is 0. The van der Waals surface area contributed by atoms with Gasteiger partial charge in [0.05, 0.1) is 0 Å². The number of halogens is 3. The van der Waals surface area contributed by atoms with Crippen molar-refractivity contribution in [2.24, 2.45) is 0 Å². The van der Waals surface area contributed by atoms with Crippen LogP contribution >= 0.6 is 39.9 Å². The SMILES string of the molecule is CC1CNCc2c(Br)ccc(Cl)c21.Cl. The molecule has 0 saturated heterocycles. The van der Waals surface area contributed by atoms with Crippen LogP contribution in [0.4, 0.5) is 0 Å². The van der Waals surface area contributed by atoms with Crippen LogP contribution in [0.2, 0.25) is 5.02 Å². The summed E-state index contributed by atoms with van der Waals surface area (Å²) >= 11 is 9.71. The molecule has 1 nitrogen and oxygen atoms in total. The van der Waals surface area contributed by atoms with Crippen molar-refractivity contribution in [3.8, 4) is 0 Å². The lowest BCUT2D eigenvalue weighted by molar-refractivity contribution is 0.569. The first-order valence-electron chi connectivity index (χ1n) is 4.37. The summed E-state index contributed by atoms with van der Waals surface area (Å²) in [5.41, 5.74) is 2.61. The predicted molar refractivity (Wildman–Crippen MR) is 66.5 cm³/mol. The smallest absolute Gasteiger partial charge is 0.0445 e. The molecule has 0 amide bonds. The van der Waals surface area contributed by atoms with Crippen LogP contribution in [0.1, 0.15) is 24.0 Å². The Kier molecular flexibility index (Phi) is 4.26. The summed E-state index contributed by atoms with van der Waals surface area (Å²) in [6.45, 7) is 4.13. The number of fused-ring (bicyclic) bond motifs is 1. The fourth-order valence-electron chi connectivity index (χ4n) is 1.84. The second-order valence-electron chi connectivity index (χ2n) is 3.45. The number of rotatable bonds is 0. The van der Waals surface area contributed by atoms with Gasteiger partial charge in [-0.15, -0.1) is 12.4 Å². The zero-order valence-corrected chi connectivity index (χ0v) is 11.0. The largest absolute Gasteiger partial charge is 0.312 e. The highest BCUT2D eigenvalue weighted by Crippen LogP contribution is 2.34. The normalized spacial score (nSPS) is 19.8. The van der Waals surface area contributed by atoms with Gasteiger partial charge in [-0.3, -0.25) is 0 Å². The van der Waals surface area contributed by atoms with Gasteiger partial charge in [0.2, 0.25) is 0 Å². The first kappa shape index (κ1) is 12.3. The van der Waals surface area contributed by atoms with Gasteiger partial charge in [0.25, 0.3) is 0 Å². The Morgan fingerprint density at radius 3 is 2.86 bits per heavy atom. The van der Waals surface area contributed by atoms with Crippen molar-refractivity contribution in [3.63, 3.8) is 0 Å². The van der Waals surface area contributed by atoms with Crippen LogP contribution in [0.3, 0.4) is 0 Å². The van der Waals surface area contributed by atoms with Crippen LogP contribution in [0, 0.1) is 0 Å². The second-order valence-corrected chi connectivity index (χ2v) is 4.71. The molecule has 4 heteroatoms. The quantitative estimate of drug-likeness (QED) is 0.769. The minimum absolute atomic E-state index is 0. The Hall–Kier alpha value is 0.240. The number of nitrogens with one attached hydrogen (secondary N) is 1. The van der Waals surface area contributed by atoms with Gasteiger partial charge in [-0.05, 0) is 29.2 Å². The van der Waals surface area contributed by atoms with Gasteiger partial charge < -0.3 is 5.32 Å². The lowest BCUT2D eigenvalue weighted by Crippen LogP contribution is -2.27. The summed E-state index contributed by atoms with van der Waals surface area (Å²) in [4.78, 5) is 0. The van der Waals surface area contributed by atoms with Gasteiger partial charge in [-0.25, -0.2) is 0 Å². The molecule has 0 aromatic heterocycles. The Morgan fingerprint density at radius 1 is 1.50 bits per heavy atom.